The van der Waals surface area contributed by atoms with Crippen LogP contribution < -0.4 is 5.32 Å². The van der Waals surface area contributed by atoms with E-state index in [-0.39, 0.29) is 0 Å². The summed E-state index contributed by atoms with van der Waals surface area (Å²) in [4.78, 5) is 5.57. The molecule has 0 unspecified atom stereocenters. The van der Waals surface area contributed by atoms with E-state index in [4.69, 9.17) is 0 Å². The predicted molar refractivity (Wildman–Crippen MR) is 77.8 cm³/mol. The molecule has 0 aliphatic heterocycles. The summed E-state index contributed by atoms with van der Waals surface area (Å²) in [5, 5.41) is 5.36. The Labute approximate surface area is 118 Å². The first-order chi connectivity index (χ1) is 8.29. The van der Waals surface area contributed by atoms with E-state index in [1.165, 1.54) is 10.5 Å². The summed E-state index contributed by atoms with van der Waals surface area (Å²) < 4.78 is 2.19. The Morgan fingerprint density at radius 1 is 1.47 bits per heavy atom. The van der Waals surface area contributed by atoms with Crippen LogP contribution in [0.5, 0.6) is 0 Å². The SMILES string of the molecule is CCNCc1ccc(Br)cc1Sc1nccs1. The molecule has 0 saturated heterocycles. The van der Waals surface area contributed by atoms with E-state index in [1.807, 2.05) is 11.6 Å². The molecule has 0 bridgehead atoms. The highest BCUT2D eigenvalue weighted by atomic mass is 79.9. The molecule has 5 heteroatoms. The van der Waals surface area contributed by atoms with E-state index in [0.29, 0.717) is 0 Å². The summed E-state index contributed by atoms with van der Waals surface area (Å²) in [6.45, 7) is 4.00. The van der Waals surface area contributed by atoms with Gasteiger partial charge < -0.3 is 5.32 Å². The average Bonchev–Trinajstić information content (AvgIpc) is 2.81. The zero-order chi connectivity index (χ0) is 12.1. The molecule has 0 fully saturated rings. The molecule has 1 heterocycles. The molecule has 0 aliphatic carbocycles. The van der Waals surface area contributed by atoms with E-state index >= 15 is 0 Å². The van der Waals surface area contributed by atoms with Crippen molar-refractivity contribution in [2.45, 2.75) is 22.7 Å². The Bertz CT molecular complexity index is 471. The normalized spacial score (nSPS) is 10.7. The van der Waals surface area contributed by atoms with Crippen LogP contribution in [-0.2, 0) is 6.54 Å². The fourth-order valence-corrected chi connectivity index (χ4v) is 3.64. The quantitative estimate of drug-likeness (QED) is 0.891. The van der Waals surface area contributed by atoms with Crippen LogP contribution in [0.25, 0.3) is 0 Å². The van der Waals surface area contributed by atoms with Gasteiger partial charge in [0.15, 0.2) is 4.34 Å². The van der Waals surface area contributed by atoms with Crippen LogP contribution in [0.1, 0.15) is 12.5 Å². The summed E-state index contributed by atoms with van der Waals surface area (Å²) in [6.07, 6.45) is 1.84. The van der Waals surface area contributed by atoms with Crippen molar-refractivity contribution >= 4 is 39.0 Å². The van der Waals surface area contributed by atoms with Crippen LogP contribution >= 0.6 is 39.0 Å². The van der Waals surface area contributed by atoms with Gasteiger partial charge in [0.05, 0.1) is 0 Å². The first kappa shape index (κ1) is 13.1. The summed E-state index contributed by atoms with van der Waals surface area (Å²) in [6, 6.07) is 6.39. The Morgan fingerprint density at radius 3 is 3.06 bits per heavy atom. The van der Waals surface area contributed by atoms with Crippen LogP contribution in [-0.4, -0.2) is 11.5 Å². The minimum atomic E-state index is 0.900. The van der Waals surface area contributed by atoms with Gasteiger partial charge in [-0.25, -0.2) is 4.98 Å². The zero-order valence-electron chi connectivity index (χ0n) is 9.44. The lowest BCUT2D eigenvalue weighted by Gasteiger charge is -2.08. The van der Waals surface area contributed by atoms with Gasteiger partial charge >= 0.3 is 0 Å². The molecular formula is C12H13BrN2S2. The van der Waals surface area contributed by atoms with Gasteiger partial charge in [0.2, 0.25) is 0 Å². The topological polar surface area (TPSA) is 24.9 Å². The number of hydrogen-bond acceptors (Lipinski definition) is 4. The maximum atomic E-state index is 4.31. The molecule has 2 nitrogen and oxygen atoms in total. The van der Waals surface area contributed by atoms with E-state index in [9.17, 15) is 0 Å². The highest BCUT2D eigenvalue weighted by Gasteiger charge is 2.06. The lowest BCUT2D eigenvalue weighted by atomic mass is 10.2. The molecule has 90 valence electrons. The summed E-state index contributed by atoms with van der Waals surface area (Å²) in [5.41, 5.74) is 1.32. The molecule has 0 aliphatic rings. The minimum Gasteiger partial charge on any atom is -0.313 e. The second-order valence-corrected chi connectivity index (χ2v) is 6.53. The molecule has 1 N–H and O–H groups in total. The van der Waals surface area contributed by atoms with Crippen molar-refractivity contribution in [3.63, 3.8) is 0 Å². The first-order valence-electron chi connectivity index (χ1n) is 5.36. The van der Waals surface area contributed by atoms with Gasteiger partial charge in [-0.1, -0.05) is 40.7 Å². The van der Waals surface area contributed by atoms with E-state index in [0.717, 1.165) is 21.9 Å². The molecule has 1 aromatic carbocycles. The van der Waals surface area contributed by atoms with Crippen LogP contribution in [0.4, 0.5) is 0 Å². The molecule has 0 radical (unpaired) electrons. The summed E-state index contributed by atoms with van der Waals surface area (Å²) >= 11 is 6.91. The smallest absolute Gasteiger partial charge is 0.154 e. The largest absolute Gasteiger partial charge is 0.313 e. The van der Waals surface area contributed by atoms with E-state index < -0.39 is 0 Å². The predicted octanol–water partition coefficient (Wildman–Crippen LogP) is 4.17. The number of hydrogen-bond donors (Lipinski definition) is 1. The molecule has 0 atom stereocenters. The molecule has 0 saturated carbocycles. The van der Waals surface area contributed by atoms with Crippen LogP contribution in [0.15, 0.2) is 43.5 Å². The molecule has 17 heavy (non-hydrogen) atoms. The summed E-state index contributed by atoms with van der Waals surface area (Å²) in [5.74, 6) is 0. The second-order valence-electron chi connectivity index (χ2n) is 3.43. The van der Waals surface area contributed by atoms with Crippen molar-refractivity contribution in [2.24, 2.45) is 0 Å². The van der Waals surface area contributed by atoms with Crippen molar-refractivity contribution in [1.82, 2.24) is 10.3 Å². The van der Waals surface area contributed by atoms with E-state index in [2.05, 4.69) is 51.4 Å². The third-order valence-corrected chi connectivity index (χ3v) is 4.68. The number of rotatable bonds is 5. The molecule has 0 spiro atoms. The van der Waals surface area contributed by atoms with Crippen molar-refractivity contribution in [1.29, 1.82) is 0 Å². The fraction of sp³-hybridized carbons (Fsp3) is 0.250. The van der Waals surface area contributed by atoms with Crippen LogP contribution in [0.3, 0.4) is 0 Å². The maximum absolute atomic E-state index is 4.31. The molecule has 1 aromatic heterocycles. The van der Waals surface area contributed by atoms with Gasteiger partial charge in [0.1, 0.15) is 0 Å². The monoisotopic (exact) mass is 328 g/mol. The van der Waals surface area contributed by atoms with Gasteiger partial charge in [-0.3, -0.25) is 0 Å². The highest BCUT2D eigenvalue weighted by molar-refractivity contribution is 9.10. The van der Waals surface area contributed by atoms with Crippen molar-refractivity contribution in [3.05, 3.63) is 39.8 Å². The summed E-state index contributed by atoms with van der Waals surface area (Å²) in [7, 11) is 0. The molecule has 2 aromatic rings. The number of aromatic nitrogens is 1. The fourth-order valence-electron chi connectivity index (χ4n) is 1.38. The van der Waals surface area contributed by atoms with Crippen molar-refractivity contribution in [3.8, 4) is 0 Å². The molecular weight excluding hydrogens is 316 g/mol. The third-order valence-electron chi connectivity index (χ3n) is 2.20. The van der Waals surface area contributed by atoms with Gasteiger partial charge in [-0.15, -0.1) is 11.3 Å². The zero-order valence-corrected chi connectivity index (χ0v) is 12.7. The number of thiazole rings is 1. The number of nitrogens with one attached hydrogen (secondary N) is 1. The van der Waals surface area contributed by atoms with Crippen molar-refractivity contribution in [2.75, 3.05) is 6.54 Å². The maximum Gasteiger partial charge on any atom is 0.154 e. The lowest BCUT2D eigenvalue weighted by Crippen LogP contribution is -2.12. The van der Waals surface area contributed by atoms with Crippen LogP contribution in [0.2, 0.25) is 0 Å². The van der Waals surface area contributed by atoms with Gasteiger partial charge in [0, 0.05) is 27.5 Å². The Morgan fingerprint density at radius 2 is 2.35 bits per heavy atom. The first-order valence-corrected chi connectivity index (χ1v) is 7.85. The van der Waals surface area contributed by atoms with Gasteiger partial charge in [-0.2, -0.15) is 0 Å². The van der Waals surface area contributed by atoms with Crippen molar-refractivity contribution < 1.29 is 0 Å². The lowest BCUT2D eigenvalue weighted by molar-refractivity contribution is 0.718. The average molecular weight is 329 g/mol. The number of benzene rings is 1. The minimum absolute atomic E-state index is 0.900. The Balaban J connectivity index is 2.20. The third kappa shape index (κ3) is 3.81. The second kappa shape index (κ2) is 6.54. The Kier molecular flexibility index (Phi) is 5.03. The number of halogens is 1. The van der Waals surface area contributed by atoms with E-state index in [1.54, 1.807) is 23.1 Å². The Hall–Kier alpha value is -0.360. The van der Waals surface area contributed by atoms with Gasteiger partial charge in [-0.05, 0) is 24.2 Å². The molecule has 0 amide bonds. The molecule has 2 rings (SSSR count). The standard InChI is InChI=1S/C12H13BrN2S2/c1-2-14-8-9-3-4-10(13)7-11(9)17-12-15-5-6-16-12/h3-7,14H,2,8H2,1H3. The van der Waals surface area contributed by atoms with Crippen LogP contribution in [0, 0.1) is 0 Å². The number of nitrogens with zero attached hydrogens (tertiary/aromatic N) is 1. The highest BCUT2D eigenvalue weighted by Crippen LogP contribution is 2.33. The van der Waals surface area contributed by atoms with Gasteiger partial charge in [0.25, 0.3) is 0 Å².